The molecule has 0 amide bonds. The third kappa shape index (κ3) is 3.82. The van der Waals surface area contributed by atoms with Gasteiger partial charge in [0.15, 0.2) is 16.6 Å². The van der Waals surface area contributed by atoms with Crippen LogP contribution in [0.25, 0.3) is 0 Å². The second-order valence-electron chi connectivity index (χ2n) is 2.99. The molecule has 0 radical (unpaired) electrons. The van der Waals surface area contributed by atoms with E-state index in [4.69, 9.17) is 4.74 Å². The van der Waals surface area contributed by atoms with Crippen LogP contribution < -0.4 is 5.32 Å². The summed E-state index contributed by atoms with van der Waals surface area (Å²) in [6.45, 7) is 5.27. The minimum absolute atomic E-state index is 0.200. The highest BCUT2D eigenvalue weighted by atomic mass is 32.1. The molecular weight excluding hydrogens is 228 g/mol. The fraction of sp³-hybridized carbons (Fsp3) is 0.300. The van der Waals surface area contributed by atoms with Crippen LogP contribution in [-0.4, -0.2) is 29.9 Å². The quantitative estimate of drug-likeness (QED) is 0.602. The molecular formula is C10H12N2O3S. The number of ketones is 1. The standard InChI is InChI=1S/C10H12N2O3S/c1-3-4-11-10-12-8(6-16-10)9(14)15-5-7(2)13/h3,6H,1,4-5H2,2H3,(H,11,12). The van der Waals surface area contributed by atoms with Gasteiger partial charge in [-0.05, 0) is 6.92 Å². The monoisotopic (exact) mass is 240 g/mol. The van der Waals surface area contributed by atoms with Gasteiger partial charge in [0.05, 0.1) is 0 Å². The Bertz CT molecular complexity index is 401. The molecule has 0 saturated carbocycles. The Morgan fingerprint density at radius 1 is 1.69 bits per heavy atom. The summed E-state index contributed by atoms with van der Waals surface area (Å²) in [6.07, 6.45) is 1.69. The lowest BCUT2D eigenvalue weighted by Gasteiger charge is -1.98. The first-order valence-corrected chi connectivity index (χ1v) is 5.48. The van der Waals surface area contributed by atoms with E-state index in [1.54, 1.807) is 11.5 Å². The highest BCUT2D eigenvalue weighted by Gasteiger charge is 2.12. The molecule has 0 fully saturated rings. The van der Waals surface area contributed by atoms with E-state index in [0.29, 0.717) is 11.7 Å². The van der Waals surface area contributed by atoms with Crippen molar-refractivity contribution in [1.29, 1.82) is 0 Å². The van der Waals surface area contributed by atoms with Crippen molar-refractivity contribution in [3.05, 3.63) is 23.7 Å². The van der Waals surface area contributed by atoms with Gasteiger partial charge in [0, 0.05) is 11.9 Å². The average Bonchev–Trinajstić information content (AvgIpc) is 2.71. The van der Waals surface area contributed by atoms with Gasteiger partial charge in [0.2, 0.25) is 0 Å². The molecule has 0 aliphatic heterocycles. The topological polar surface area (TPSA) is 68.3 Å². The smallest absolute Gasteiger partial charge is 0.358 e. The number of nitrogens with one attached hydrogen (secondary N) is 1. The van der Waals surface area contributed by atoms with Crippen molar-refractivity contribution in [3.63, 3.8) is 0 Å². The van der Waals surface area contributed by atoms with E-state index in [0.717, 1.165) is 0 Å². The molecule has 1 N–H and O–H groups in total. The lowest BCUT2D eigenvalue weighted by atomic mass is 10.5. The summed E-state index contributed by atoms with van der Waals surface area (Å²) >= 11 is 1.30. The molecule has 0 aliphatic carbocycles. The molecule has 0 unspecified atom stereocenters. The van der Waals surface area contributed by atoms with E-state index in [1.165, 1.54) is 18.3 Å². The zero-order chi connectivity index (χ0) is 12.0. The summed E-state index contributed by atoms with van der Waals surface area (Å²) in [5.41, 5.74) is 0.206. The SMILES string of the molecule is C=CCNc1nc(C(=O)OCC(C)=O)cs1. The number of hydrogen-bond acceptors (Lipinski definition) is 6. The Kier molecular flexibility index (Phi) is 4.65. The molecule has 1 aromatic rings. The Morgan fingerprint density at radius 3 is 3.06 bits per heavy atom. The van der Waals surface area contributed by atoms with Crippen molar-refractivity contribution in [1.82, 2.24) is 4.98 Å². The molecule has 0 spiro atoms. The maximum absolute atomic E-state index is 11.4. The Balaban J connectivity index is 2.52. The van der Waals surface area contributed by atoms with Gasteiger partial charge >= 0.3 is 5.97 Å². The largest absolute Gasteiger partial charge is 0.453 e. The van der Waals surface area contributed by atoms with Gasteiger partial charge in [0.1, 0.15) is 6.61 Å². The van der Waals surface area contributed by atoms with Gasteiger partial charge in [-0.15, -0.1) is 17.9 Å². The normalized spacial score (nSPS) is 9.56. The van der Waals surface area contributed by atoms with Gasteiger partial charge in [-0.1, -0.05) is 6.08 Å². The predicted octanol–water partition coefficient (Wildman–Crippen LogP) is 1.49. The molecule has 16 heavy (non-hydrogen) atoms. The average molecular weight is 240 g/mol. The molecule has 0 atom stereocenters. The molecule has 1 heterocycles. The number of esters is 1. The Morgan fingerprint density at radius 2 is 2.44 bits per heavy atom. The fourth-order valence-corrected chi connectivity index (χ4v) is 1.54. The van der Waals surface area contributed by atoms with E-state index in [2.05, 4.69) is 16.9 Å². The van der Waals surface area contributed by atoms with Crippen LogP contribution in [-0.2, 0) is 9.53 Å². The van der Waals surface area contributed by atoms with Gasteiger partial charge in [0.25, 0.3) is 0 Å². The van der Waals surface area contributed by atoms with Crippen LogP contribution in [0.2, 0.25) is 0 Å². The minimum atomic E-state index is -0.585. The molecule has 1 aromatic heterocycles. The maximum atomic E-state index is 11.4. The van der Waals surface area contributed by atoms with Gasteiger partial charge in [-0.2, -0.15) is 0 Å². The maximum Gasteiger partial charge on any atom is 0.358 e. The van der Waals surface area contributed by atoms with Gasteiger partial charge < -0.3 is 10.1 Å². The van der Waals surface area contributed by atoms with Crippen molar-refractivity contribution in [3.8, 4) is 0 Å². The van der Waals surface area contributed by atoms with E-state index >= 15 is 0 Å². The van der Waals surface area contributed by atoms with Crippen molar-refractivity contribution in [2.24, 2.45) is 0 Å². The number of anilines is 1. The third-order valence-corrected chi connectivity index (χ3v) is 2.32. The van der Waals surface area contributed by atoms with Crippen molar-refractivity contribution in [2.75, 3.05) is 18.5 Å². The number of carbonyl (C=O) groups is 2. The lowest BCUT2D eigenvalue weighted by molar-refractivity contribution is -0.120. The number of thiazole rings is 1. The van der Waals surface area contributed by atoms with Crippen LogP contribution in [0.5, 0.6) is 0 Å². The van der Waals surface area contributed by atoms with Crippen LogP contribution in [0.15, 0.2) is 18.0 Å². The number of nitrogens with zero attached hydrogens (tertiary/aromatic N) is 1. The summed E-state index contributed by atoms with van der Waals surface area (Å²) in [5, 5.41) is 5.15. The van der Waals surface area contributed by atoms with E-state index < -0.39 is 5.97 Å². The first kappa shape index (κ1) is 12.4. The molecule has 0 bridgehead atoms. The lowest BCUT2D eigenvalue weighted by Crippen LogP contribution is -2.11. The fourth-order valence-electron chi connectivity index (χ4n) is 0.849. The van der Waals surface area contributed by atoms with Crippen molar-refractivity contribution < 1.29 is 14.3 Å². The van der Waals surface area contributed by atoms with Crippen LogP contribution >= 0.6 is 11.3 Å². The summed E-state index contributed by atoms with van der Waals surface area (Å²) in [6, 6.07) is 0. The van der Waals surface area contributed by atoms with Gasteiger partial charge in [-0.3, -0.25) is 4.79 Å². The van der Waals surface area contributed by atoms with E-state index in [1.807, 2.05) is 0 Å². The van der Waals surface area contributed by atoms with Crippen molar-refractivity contribution in [2.45, 2.75) is 6.92 Å². The number of carbonyl (C=O) groups excluding carboxylic acids is 2. The Labute approximate surface area is 97.1 Å². The molecule has 1 rings (SSSR count). The molecule has 0 aliphatic rings. The highest BCUT2D eigenvalue weighted by Crippen LogP contribution is 2.15. The zero-order valence-electron chi connectivity index (χ0n) is 8.86. The summed E-state index contributed by atoms with van der Waals surface area (Å²) in [5.74, 6) is -0.785. The summed E-state index contributed by atoms with van der Waals surface area (Å²) in [4.78, 5) is 26.0. The number of ether oxygens (including phenoxy) is 1. The number of hydrogen-bond donors (Lipinski definition) is 1. The first-order valence-electron chi connectivity index (χ1n) is 4.60. The highest BCUT2D eigenvalue weighted by molar-refractivity contribution is 7.13. The third-order valence-electron chi connectivity index (χ3n) is 1.52. The van der Waals surface area contributed by atoms with Crippen LogP contribution in [0.1, 0.15) is 17.4 Å². The molecule has 5 nitrogen and oxygen atoms in total. The van der Waals surface area contributed by atoms with E-state index in [-0.39, 0.29) is 18.1 Å². The number of Topliss-reactive ketones (excluding diaryl/α,β-unsaturated/α-hetero) is 1. The van der Waals surface area contributed by atoms with Gasteiger partial charge in [-0.25, -0.2) is 9.78 Å². The molecule has 0 saturated heterocycles. The van der Waals surface area contributed by atoms with Crippen molar-refractivity contribution >= 4 is 28.2 Å². The molecule has 86 valence electrons. The summed E-state index contributed by atoms with van der Waals surface area (Å²) in [7, 11) is 0. The Hall–Kier alpha value is -1.69. The summed E-state index contributed by atoms with van der Waals surface area (Å²) < 4.78 is 4.72. The van der Waals surface area contributed by atoms with E-state index in [9.17, 15) is 9.59 Å². The van der Waals surface area contributed by atoms with Crippen LogP contribution in [0, 0.1) is 0 Å². The second kappa shape index (κ2) is 6.02. The van der Waals surface area contributed by atoms with Crippen LogP contribution in [0.4, 0.5) is 5.13 Å². The number of aromatic nitrogens is 1. The van der Waals surface area contributed by atoms with Crippen LogP contribution in [0.3, 0.4) is 0 Å². The predicted molar refractivity (Wildman–Crippen MR) is 61.8 cm³/mol. The second-order valence-corrected chi connectivity index (χ2v) is 3.84. The molecule has 0 aromatic carbocycles. The zero-order valence-corrected chi connectivity index (χ0v) is 9.67. The number of rotatable bonds is 6. The first-order chi connectivity index (χ1) is 7.63. The molecule has 6 heteroatoms. The minimum Gasteiger partial charge on any atom is -0.453 e.